The van der Waals surface area contributed by atoms with Gasteiger partial charge in [0.2, 0.25) is 5.88 Å². The van der Waals surface area contributed by atoms with Crippen LogP contribution in [0.5, 0.6) is 5.88 Å². The van der Waals surface area contributed by atoms with Crippen LogP contribution in [0.2, 0.25) is 0 Å². The van der Waals surface area contributed by atoms with Crippen molar-refractivity contribution in [1.82, 2.24) is 4.98 Å². The molecule has 0 bridgehead atoms. The minimum Gasteiger partial charge on any atom is -0.455 e. The van der Waals surface area contributed by atoms with Gasteiger partial charge in [-0.2, -0.15) is 13.2 Å². The van der Waals surface area contributed by atoms with Crippen LogP contribution in [0.25, 0.3) is 0 Å². The van der Waals surface area contributed by atoms with Gasteiger partial charge >= 0.3 is 5.51 Å². The van der Waals surface area contributed by atoms with E-state index >= 15 is 0 Å². The first-order valence-corrected chi connectivity index (χ1v) is 7.11. The Morgan fingerprint density at radius 2 is 2.00 bits per heavy atom. The highest BCUT2D eigenvalue weighted by Gasteiger charge is 2.32. The Kier molecular flexibility index (Phi) is 5.89. The molecule has 0 saturated heterocycles. The smallest absolute Gasteiger partial charge is 0.446 e. The van der Waals surface area contributed by atoms with Crippen molar-refractivity contribution in [2.75, 3.05) is 0 Å². The van der Waals surface area contributed by atoms with Crippen LogP contribution in [0.3, 0.4) is 0 Å². The number of ether oxygens (including phenoxy) is 1. The molecule has 3 N–H and O–H groups in total. The van der Waals surface area contributed by atoms with Crippen LogP contribution in [-0.2, 0) is 0 Å². The van der Waals surface area contributed by atoms with Gasteiger partial charge in [0.25, 0.3) is 0 Å². The second-order valence-electron chi connectivity index (χ2n) is 5.77. The van der Waals surface area contributed by atoms with Crippen molar-refractivity contribution in [2.45, 2.75) is 49.9 Å². The molecule has 0 spiro atoms. The molecule has 1 aromatic rings. The van der Waals surface area contributed by atoms with Crippen LogP contribution in [0.1, 0.15) is 27.2 Å². The quantitative estimate of drug-likeness (QED) is 0.643. The van der Waals surface area contributed by atoms with E-state index in [2.05, 4.69) is 4.98 Å². The molecule has 1 unspecified atom stereocenters. The van der Waals surface area contributed by atoms with Gasteiger partial charge < -0.3 is 9.84 Å². The van der Waals surface area contributed by atoms with Crippen LogP contribution >= 0.6 is 11.8 Å². The molecule has 0 aliphatic rings. The molecule has 0 aliphatic heterocycles. The average Bonchev–Trinajstić information content (AvgIpc) is 2.27. The van der Waals surface area contributed by atoms with E-state index in [9.17, 15) is 18.3 Å². The summed E-state index contributed by atoms with van der Waals surface area (Å²) in [4.78, 5) is 3.56. The molecule has 0 radical (unpaired) electrons. The Bertz CT molecular complexity index is 463. The standard InChI is InChI=1S/C13H19F3N2O2S/c1-12(2,3)7-8(19)10(17)20-11-9(5-4-6-18-11)21-13(14,15)16/h4-6,8,10,19H,7,17H2,1-3H3/t8?,10-/m0/s1. The summed E-state index contributed by atoms with van der Waals surface area (Å²) in [5.41, 5.74) is 1.05. The van der Waals surface area contributed by atoms with Gasteiger partial charge in [0.15, 0.2) is 6.23 Å². The third-order valence-corrected chi connectivity index (χ3v) is 3.17. The highest BCUT2D eigenvalue weighted by atomic mass is 32.2. The van der Waals surface area contributed by atoms with E-state index in [-0.39, 0.29) is 28.0 Å². The van der Waals surface area contributed by atoms with Crippen LogP contribution in [0.15, 0.2) is 23.2 Å². The summed E-state index contributed by atoms with van der Waals surface area (Å²) < 4.78 is 42.5. The van der Waals surface area contributed by atoms with E-state index in [1.807, 2.05) is 20.8 Å². The summed E-state index contributed by atoms with van der Waals surface area (Å²) >= 11 is -0.330. The van der Waals surface area contributed by atoms with Gasteiger partial charge in [-0.3, -0.25) is 5.73 Å². The lowest BCUT2D eigenvalue weighted by Gasteiger charge is -2.26. The van der Waals surface area contributed by atoms with Crippen LogP contribution in [0.4, 0.5) is 13.2 Å². The molecular weight excluding hydrogens is 305 g/mol. The molecule has 0 amide bonds. The lowest BCUT2D eigenvalue weighted by atomic mass is 9.89. The first-order chi connectivity index (χ1) is 9.48. The lowest BCUT2D eigenvalue weighted by Crippen LogP contribution is -2.42. The molecular formula is C13H19F3N2O2S. The van der Waals surface area contributed by atoms with E-state index in [1.165, 1.54) is 18.3 Å². The van der Waals surface area contributed by atoms with Gasteiger partial charge in [0.05, 0.1) is 4.90 Å². The second-order valence-corrected chi connectivity index (χ2v) is 6.88. The number of aromatic nitrogens is 1. The summed E-state index contributed by atoms with van der Waals surface area (Å²) in [5.74, 6) is -0.236. The Balaban J connectivity index is 2.78. The third kappa shape index (κ3) is 7.01. The Labute approximate surface area is 125 Å². The van der Waals surface area contributed by atoms with Gasteiger partial charge in [-0.15, -0.1) is 0 Å². The molecule has 0 aliphatic carbocycles. The van der Waals surface area contributed by atoms with Crippen molar-refractivity contribution in [2.24, 2.45) is 11.1 Å². The minimum absolute atomic E-state index is 0.186. The zero-order chi connectivity index (χ0) is 16.3. The Hall–Kier alpha value is -0.990. The molecule has 0 saturated carbocycles. The van der Waals surface area contributed by atoms with Crippen molar-refractivity contribution >= 4 is 11.8 Å². The fourth-order valence-electron chi connectivity index (χ4n) is 1.62. The minimum atomic E-state index is -4.45. The maximum Gasteiger partial charge on any atom is 0.446 e. The number of alkyl halides is 3. The normalized spacial score (nSPS) is 15.6. The number of halogens is 3. The fourth-order valence-corrected chi connectivity index (χ4v) is 2.20. The molecule has 1 rings (SSSR count). The number of thioether (sulfide) groups is 1. The number of hydrogen-bond donors (Lipinski definition) is 2. The van der Waals surface area contributed by atoms with E-state index in [0.29, 0.717) is 6.42 Å². The molecule has 0 aromatic carbocycles. The highest BCUT2D eigenvalue weighted by Crippen LogP contribution is 2.40. The van der Waals surface area contributed by atoms with E-state index in [1.54, 1.807) is 0 Å². The third-order valence-electron chi connectivity index (χ3n) is 2.41. The van der Waals surface area contributed by atoms with Gasteiger partial charge in [-0.05, 0) is 35.7 Å². The molecule has 1 heterocycles. The number of nitrogens with two attached hydrogens (primary N) is 1. The van der Waals surface area contributed by atoms with Crippen molar-refractivity contribution in [3.63, 3.8) is 0 Å². The highest BCUT2D eigenvalue weighted by molar-refractivity contribution is 8.00. The molecule has 8 heteroatoms. The number of rotatable bonds is 5. The maximum absolute atomic E-state index is 12.4. The summed E-state index contributed by atoms with van der Waals surface area (Å²) in [6.07, 6.45) is -0.496. The molecule has 0 fully saturated rings. The van der Waals surface area contributed by atoms with Crippen molar-refractivity contribution in [1.29, 1.82) is 0 Å². The largest absolute Gasteiger partial charge is 0.455 e. The number of aliphatic hydroxyl groups excluding tert-OH is 1. The van der Waals surface area contributed by atoms with Crippen molar-refractivity contribution in [3.05, 3.63) is 18.3 Å². The zero-order valence-corrected chi connectivity index (χ0v) is 12.8. The van der Waals surface area contributed by atoms with Crippen molar-refractivity contribution < 1.29 is 23.0 Å². The first kappa shape index (κ1) is 18.1. The number of hydrogen-bond acceptors (Lipinski definition) is 5. The first-order valence-electron chi connectivity index (χ1n) is 6.29. The SMILES string of the molecule is CC(C)(C)CC(O)[C@@H](N)Oc1ncccc1SC(F)(F)F. The van der Waals surface area contributed by atoms with Crippen LogP contribution in [-0.4, -0.2) is 27.9 Å². The molecule has 120 valence electrons. The summed E-state index contributed by atoms with van der Waals surface area (Å²) in [7, 11) is 0. The van der Waals surface area contributed by atoms with Crippen LogP contribution in [0, 0.1) is 5.41 Å². The monoisotopic (exact) mass is 324 g/mol. The number of nitrogens with zero attached hydrogens (tertiary/aromatic N) is 1. The summed E-state index contributed by atoms with van der Waals surface area (Å²) in [6, 6.07) is 2.61. The predicted molar refractivity (Wildman–Crippen MR) is 74.8 cm³/mol. The fraction of sp³-hybridized carbons (Fsp3) is 0.615. The lowest BCUT2D eigenvalue weighted by molar-refractivity contribution is -0.0331. The topological polar surface area (TPSA) is 68.4 Å². The van der Waals surface area contributed by atoms with E-state index in [0.717, 1.165) is 0 Å². The molecule has 21 heavy (non-hydrogen) atoms. The maximum atomic E-state index is 12.4. The zero-order valence-electron chi connectivity index (χ0n) is 12.0. The van der Waals surface area contributed by atoms with E-state index in [4.69, 9.17) is 10.5 Å². The molecule has 2 atom stereocenters. The van der Waals surface area contributed by atoms with Gasteiger partial charge in [-0.1, -0.05) is 20.8 Å². The van der Waals surface area contributed by atoms with E-state index < -0.39 is 17.8 Å². The van der Waals surface area contributed by atoms with Crippen LogP contribution < -0.4 is 10.5 Å². The molecule has 4 nitrogen and oxygen atoms in total. The predicted octanol–water partition coefficient (Wildman–Crippen LogP) is 3.15. The Morgan fingerprint density at radius 1 is 1.38 bits per heavy atom. The van der Waals surface area contributed by atoms with Gasteiger partial charge in [-0.25, -0.2) is 4.98 Å². The Morgan fingerprint density at radius 3 is 2.52 bits per heavy atom. The number of pyridine rings is 1. The summed E-state index contributed by atoms with van der Waals surface area (Å²) in [6.45, 7) is 5.73. The van der Waals surface area contributed by atoms with Gasteiger partial charge in [0.1, 0.15) is 6.10 Å². The summed E-state index contributed by atoms with van der Waals surface area (Å²) in [5, 5.41) is 9.93. The molecule has 1 aromatic heterocycles. The van der Waals surface area contributed by atoms with Gasteiger partial charge in [0, 0.05) is 6.20 Å². The van der Waals surface area contributed by atoms with Crippen molar-refractivity contribution in [3.8, 4) is 5.88 Å². The average molecular weight is 324 g/mol. The number of aliphatic hydroxyl groups is 1. The second kappa shape index (κ2) is 6.85.